The van der Waals surface area contributed by atoms with Crippen molar-refractivity contribution in [2.75, 3.05) is 24.6 Å². The van der Waals surface area contributed by atoms with E-state index in [0.717, 1.165) is 5.56 Å². The molecule has 0 saturated heterocycles. The van der Waals surface area contributed by atoms with Crippen molar-refractivity contribution in [3.63, 3.8) is 0 Å². The summed E-state index contributed by atoms with van der Waals surface area (Å²) < 4.78 is 60.5. The number of rotatable bonds is 8. The van der Waals surface area contributed by atoms with E-state index in [2.05, 4.69) is 0 Å². The number of nitrogens with zero attached hydrogens (tertiary/aromatic N) is 1. The molecule has 1 aromatic carbocycles. The van der Waals surface area contributed by atoms with Crippen molar-refractivity contribution in [3.05, 3.63) is 35.9 Å². The van der Waals surface area contributed by atoms with Crippen molar-refractivity contribution in [2.24, 2.45) is 0 Å². The summed E-state index contributed by atoms with van der Waals surface area (Å²) in [6.07, 6.45) is 0. The van der Waals surface area contributed by atoms with E-state index in [-0.39, 0.29) is 13.1 Å². The van der Waals surface area contributed by atoms with Crippen molar-refractivity contribution in [2.45, 2.75) is 6.54 Å². The van der Waals surface area contributed by atoms with Crippen LogP contribution in [0.15, 0.2) is 30.3 Å². The average molecular weight is 323 g/mol. The maximum absolute atomic E-state index is 10.8. The molecular formula is C11H17NO6S2. The Labute approximate surface area is 118 Å². The van der Waals surface area contributed by atoms with E-state index in [1.165, 1.54) is 4.90 Å². The SMILES string of the molecule is O=S(=O)(O)CCN(CCS(=O)(=O)O)Cc1ccccc1. The summed E-state index contributed by atoms with van der Waals surface area (Å²) >= 11 is 0. The first kappa shape index (κ1) is 17.1. The summed E-state index contributed by atoms with van der Waals surface area (Å²) in [7, 11) is -8.24. The highest BCUT2D eigenvalue weighted by molar-refractivity contribution is 7.86. The van der Waals surface area contributed by atoms with Crippen LogP contribution in [0.4, 0.5) is 0 Å². The number of hydrogen-bond donors (Lipinski definition) is 2. The maximum atomic E-state index is 10.8. The molecule has 0 aliphatic rings. The number of hydrogen-bond acceptors (Lipinski definition) is 5. The Bertz CT molecular complexity index is 576. The summed E-state index contributed by atoms with van der Waals surface area (Å²) in [5, 5.41) is 0. The Morgan fingerprint density at radius 2 is 1.30 bits per heavy atom. The van der Waals surface area contributed by atoms with Crippen LogP contribution >= 0.6 is 0 Å². The van der Waals surface area contributed by atoms with E-state index < -0.39 is 31.7 Å². The van der Waals surface area contributed by atoms with Crippen LogP contribution in [0.1, 0.15) is 5.56 Å². The van der Waals surface area contributed by atoms with Gasteiger partial charge in [0.25, 0.3) is 20.2 Å². The normalized spacial score (nSPS) is 12.8. The lowest BCUT2D eigenvalue weighted by Crippen LogP contribution is -2.33. The van der Waals surface area contributed by atoms with Crippen molar-refractivity contribution < 1.29 is 25.9 Å². The van der Waals surface area contributed by atoms with Crippen LogP contribution < -0.4 is 0 Å². The molecule has 0 heterocycles. The fraction of sp³-hybridized carbons (Fsp3) is 0.455. The molecule has 20 heavy (non-hydrogen) atoms. The fourth-order valence-electron chi connectivity index (χ4n) is 1.60. The van der Waals surface area contributed by atoms with Gasteiger partial charge in [0.1, 0.15) is 0 Å². The van der Waals surface area contributed by atoms with Crippen LogP contribution in [-0.2, 0) is 26.8 Å². The first-order valence-corrected chi connectivity index (χ1v) is 9.04. The Kier molecular flexibility index (Phi) is 6.08. The second-order valence-corrected chi connectivity index (χ2v) is 7.48. The van der Waals surface area contributed by atoms with E-state index in [1.807, 2.05) is 18.2 Å². The molecule has 0 saturated carbocycles. The minimum Gasteiger partial charge on any atom is -0.297 e. The van der Waals surface area contributed by atoms with Gasteiger partial charge in [0.2, 0.25) is 0 Å². The molecule has 114 valence electrons. The quantitative estimate of drug-likeness (QED) is 0.660. The predicted octanol–water partition coefficient (Wildman–Crippen LogP) is 0.264. The van der Waals surface area contributed by atoms with Crippen molar-refractivity contribution >= 4 is 20.2 Å². The lowest BCUT2D eigenvalue weighted by atomic mass is 10.2. The molecule has 7 nitrogen and oxygen atoms in total. The van der Waals surface area contributed by atoms with Gasteiger partial charge in [-0.1, -0.05) is 30.3 Å². The topological polar surface area (TPSA) is 112 Å². The van der Waals surface area contributed by atoms with Gasteiger partial charge in [-0.3, -0.25) is 14.0 Å². The molecule has 0 atom stereocenters. The van der Waals surface area contributed by atoms with Gasteiger partial charge in [-0.25, -0.2) is 0 Å². The Morgan fingerprint density at radius 3 is 1.70 bits per heavy atom. The molecule has 1 rings (SSSR count). The van der Waals surface area contributed by atoms with Gasteiger partial charge >= 0.3 is 0 Å². The average Bonchev–Trinajstić information content (AvgIpc) is 2.32. The van der Waals surface area contributed by atoms with E-state index in [0.29, 0.717) is 6.54 Å². The Balaban J connectivity index is 2.68. The molecule has 0 spiro atoms. The highest BCUT2D eigenvalue weighted by Gasteiger charge is 2.14. The molecule has 1 aromatic rings. The van der Waals surface area contributed by atoms with Gasteiger partial charge in [-0.15, -0.1) is 0 Å². The van der Waals surface area contributed by atoms with Gasteiger partial charge in [0.15, 0.2) is 0 Å². The highest BCUT2D eigenvalue weighted by Crippen LogP contribution is 2.05. The van der Waals surface area contributed by atoms with Crippen LogP contribution in [0.2, 0.25) is 0 Å². The predicted molar refractivity (Wildman–Crippen MR) is 74.6 cm³/mol. The first-order chi connectivity index (χ1) is 9.16. The zero-order chi connectivity index (χ0) is 15.2. The van der Waals surface area contributed by atoms with Crippen LogP contribution in [0, 0.1) is 0 Å². The largest absolute Gasteiger partial charge is 0.297 e. The van der Waals surface area contributed by atoms with Crippen LogP contribution in [0.5, 0.6) is 0 Å². The van der Waals surface area contributed by atoms with Crippen LogP contribution in [-0.4, -0.2) is 55.4 Å². The molecular weight excluding hydrogens is 306 g/mol. The zero-order valence-corrected chi connectivity index (χ0v) is 12.3. The Hall–Kier alpha value is -1.00. The van der Waals surface area contributed by atoms with E-state index in [9.17, 15) is 16.8 Å². The minimum absolute atomic E-state index is 0.0246. The van der Waals surface area contributed by atoms with Gasteiger partial charge < -0.3 is 0 Å². The summed E-state index contributed by atoms with van der Waals surface area (Å²) in [5.41, 5.74) is 0.873. The fourth-order valence-corrected chi connectivity index (χ4v) is 2.58. The van der Waals surface area contributed by atoms with Gasteiger partial charge in [-0.05, 0) is 5.56 Å². The summed E-state index contributed by atoms with van der Waals surface area (Å²) in [4.78, 5) is 1.54. The van der Waals surface area contributed by atoms with Crippen LogP contribution in [0.3, 0.4) is 0 Å². The van der Waals surface area contributed by atoms with Crippen molar-refractivity contribution in [3.8, 4) is 0 Å². The molecule has 0 aliphatic carbocycles. The minimum atomic E-state index is -4.12. The monoisotopic (exact) mass is 323 g/mol. The lowest BCUT2D eigenvalue weighted by Gasteiger charge is -2.21. The van der Waals surface area contributed by atoms with Gasteiger partial charge in [-0.2, -0.15) is 16.8 Å². The first-order valence-electron chi connectivity index (χ1n) is 5.82. The molecule has 0 radical (unpaired) electrons. The highest BCUT2D eigenvalue weighted by atomic mass is 32.2. The van der Waals surface area contributed by atoms with E-state index in [4.69, 9.17) is 9.11 Å². The second-order valence-electron chi connectivity index (χ2n) is 4.33. The second kappa shape index (κ2) is 7.14. The molecule has 0 unspecified atom stereocenters. The smallest absolute Gasteiger partial charge is 0.266 e. The molecule has 0 bridgehead atoms. The Morgan fingerprint density at radius 1 is 0.850 bits per heavy atom. The van der Waals surface area contributed by atoms with Crippen molar-refractivity contribution in [1.29, 1.82) is 0 Å². The van der Waals surface area contributed by atoms with Gasteiger partial charge in [0.05, 0.1) is 11.5 Å². The van der Waals surface area contributed by atoms with Gasteiger partial charge in [0, 0.05) is 19.6 Å². The summed E-state index contributed by atoms with van der Waals surface area (Å²) in [6.45, 7) is 0.276. The maximum Gasteiger partial charge on any atom is 0.266 e. The molecule has 0 amide bonds. The summed E-state index contributed by atoms with van der Waals surface area (Å²) in [5.74, 6) is -0.989. The standard InChI is InChI=1S/C11H17NO6S2/c13-19(14,15)8-6-12(7-9-20(16,17)18)10-11-4-2-1-3-5-11/h1-5H,6-10H2,(H,13,14,15)(H,16,17,18). The third-order valence-electron chi connectivity index (χ3n) is 2.58. The molecule has 2 N–H and O–H groups in total. The van der Waals surface area contributed by atoms with E-state index in [1.54, 1.807) is 12.1 Å². The van der Waals surface area contributed by atoms with E-state index >= 15 is 0 Å². The lowest BCUT2D eigenvalue weighted by molar-refractivity contribution is 0.292. The zero-order valence-electron chi connectivity index (χ0n) is 10.7. The summed E-state index contributed by atoms with van der Waals surface area (Å²) in [6, 6.07) is 9.06. The molecule has 9 heteroatoms. The molecule has 0 fully saturated rings. The molecule has 0 aromatic heterocycles. The third kappa shape index (κ3) is 8.23. The third-order valence-corrected chi connectivity index (χ3v) is 3.98. The molecule has 0 aliphatic heterocycles. The number of benzene rings is 1. The van der Waals surface area contributed by atoms with Crippen molar-refractivity contribution in [1.82, 2.24) is 4.90 Å². The van der Waals surface area contributed by atoms with Crippen LogP contribution in [0.25, 0.3) is 0 Å².